The van der Waals surface area contributed by atoms with Gasteiger partial charge in [-0.1, -0.05) is 12.2 Å². The average Bonchev–Trinajstić information content (AvgIpc) is 2.65. The fourth-order valence-corrected chi connectivity index (χ4v) is 3.69. The zero-order valence-electron chi connectivity index (χ0n) is 7.81. The highest BCUT2D eigenvalue weighted by molar-refractivity contribution is 5.62. The highest BCUT2D eigenvalue weighted by Gasteiger charge is 2.69. The van der Waals surface area contributed by atoms with Crippen molar-refractivity contribution < 1.29 is 14.3 Å². The van der Waals surface area contributed by atoms with Gasteiger partial charge in [0.25, 0.3) is 0 Å². The van der Waals surface area contributed by atoms with Gasteiger partial charge >= 0.3 is 6.16 Å². The monoisotopic (exact) mass is 192 g/mol. The van der Waals surface area contributed by atoms with Crippen LogP contribution in [0.3, 0.4) is 0 Å². The first-order valence-electron chi connectivity index (χ1n) is 5.32. The van der Waals surface area contributed by atoms with Crippen LogP contribution in [0.2, 0.25) is 0 Å². The molecule has 1 spiro atoms. The van der Waals surface area contributed by atoms with Gasteiger partial charge in [0.1, 0.15) is 12.7 Å². The molecule has 0 aromatic carbocycles. The minimum absolute atomic E-state index is 0.0297. The number of hydrogen-bond donors (Lipinski definition) is 0. The third-order valence-electron chi connectivity index (χ3n) is 4.54. The molecular weight excluding hydrogens is 180 g/mol. The van der Waals surface area contributed by atoms with Crippen LogP contribution in [-0.4, -0.2) is 18.9 Å². The van der Waals surface area contributed by atoms with Crippen molar-refractivity contribution in [3.63, 3.8) is 0 Å². The summed E-state index contributed by atoms with van der Waals surface area (Å²) in [4.78, 5) is 10.8. The van der Waals surface area contributed by atoms with E-state index in [2.05, 4.69) is 12.2 Å². The van der Waals surface area contributed by atoms with Crippen LogP contribution in [0.15, 0.2) is 12.2 Å². The largest absolute Gasteiger partial charge is 0.508 e. The molecule has 0 bridgehead atoms. The second-order valence-corrected chi connectivity index (χ2v) is 5.02. The maximum absolute atomic E-state index is 10.8. The van der Waals surface area contributed by atoms with Crippen molar-refractivity contribution in [1.82, 2.24) is 0 Å². The lowest BCUT2D eigenvalue weighted by Crippen LogP contribution is -2.33. The predicted molar refractivity (Wildman–Crippen MR) is 47.5 cm³/mol. The minimum Gasteiger partial charge on any atom is -0.430 e. The zero-order chi connectivity index (χ0) is 9.34. The molecule has 0 aromatic rings. The quantitative estimate of drug-likeness (QED) is 0.469. The lowest BCUT2D eigenvalue weighted by Gasteiger charge is -2.32. The van der Waals surface area contributed by atoms with Crippen LogP contribution in [-0.2, 0) is 9.47 Å². The Labute approximate surface area is 82.1 Å². The van der Waals surface area contributed by atoms with Crippen molar-refractivity contribution in [1.29, 1.82) is 0 Å². The molecule has 3 heteroatoms. The number of allylic oxidation sites excluding steroid dienone is 2. The molecule has 4 rings (SSSR count). The molecule has 5 unspecified atom stereocenters. The Balaban J connectivity index is 1.58. The molecule has 3 nitrogen and oxygen atoms in total. The second-order valence-electron chi connectivity index (χ2n) is 5.02. The van der Waals surface area contributed by atoms with Crippen LogP contribution in [0, 0.1) is 23.2 Å². The van der Waals surface area contributed by atoms with Gasteiger partial charge in [-0.2, -0.15) is 0 Å². The molecule has 14 heavy (non-hydrogen) atoms. The summed E-state index contributed by atoms with van der Waals surface area (Å²) < 4.78 is 10.0. The minimum atomic E-state index is -0.479. The van der Waals surface area contributed by atoms with E-state index in [0.717, 1.165) is 5.92 Å². The molecule has 0 amide bonds. The molecular formula is C11H12O3. The van der Waals surface area contributed by atoms with Crippen LogP contribution >= 0.6 is 0 Å². The van der Waals surface area contributed by atoms with Crippen molar-refractivity contribution in [2.75, 3.05) is 6.61 Å². The van der Waals surface area contributed by atoms with E-state index in [0.29, 0.717) is 23.9 Å². The Morgan fingerprint density at radius 3 is 3.00 bits per heavy atom. The SMILES string of the molecule is O=C1OCC(C2CC3CC34C=CC24)O1. The maximum Gasteiger partial charge on any atom is 0.508 e. The first-order valence-corrected chi connectivity index (χ1v) is 5.32. The highest BCUT2D eigenvalue weighted by atomic mass is 16.8. The molecule has 0 aromatic heterocycles. The maximum atomic E-state index is 10.8. The van der Waals surface area contributed by atoms with Crippen LogP contribution < -0.4 is 0 Å². The molecule has 1 saturated heterocycles. The number of rotatable bonds is 1. The Morgan fingerprint density at radius 2 is 2.43 bits per heavy atom. The third kappa shape index (κ3) is 0.656. The normalized spacial score (nSPS) is 57.0. The topological polar surface area (TPSA) is 35.5 Å². The van der Waals surface area contributed by atoms with E-state index < -0.39 is 6.16 Å². The number of cyclic esters (lactones) is 2. The lowest BCUT2D eigenvalue weighted by molar-refractivity contribution is 0.0809. The summed E-state index contributed by atoms with van der Waals surface area (Å²) in [6, 6.07) is 0. The van der Waals surface area contributed by atoms with Crippen molar-refractivity contribution in [3.8, 4) is 0 Å². The molecule has 1 heterocycles. The molecule has 3 fully saturated rings. The van der Waals surface area contributed by atoms with Gasteiger partial charge in [0.05, 0.1) is 0 Å². The standard InChI is InChI=1S/C11H12O3/c12-10-13-5-9(14-10)7-3-6-4-11(6)2-1-8(7)11/h1-2,6-9H,3-5H2. The summed E-state index contributed by atoms with van der Waals surface area (Å²) in [5.74, 6) is 2.08. The molecule has 4 aliphatic rings. The van der Waals surface area contributed by atoms with Crippen molar-refractivity contribution >= 4 is 6.16 Å². The van der Waals surface area contributed by atoms with E-state index in [-0.39, 0.29) is 6.10 Å². The first kappa shape index (κ1) is 7.32. The predicted octanol–water partition coefficient (Wildman–Crippen LogP) is 1.73. The van der Waals surface area contributed by atoms with E-state index >= 15 is 0 Å². The first-order chi connectivity index (χ1) is 6.79. The summed E-state index contributed by atoms with van der Waals surface area (Å²) in [7, 11) is 0. The van der Waals surface area contributed by atoms with E-state index in [4.69, 9.17) is 9.47 Å². The van der Waals surface area contributed by atoms with Gasteiger partial charge in [0.15, 0.2) is 0 Å². The molecule has 74 valence electrons. The van der Waals surface area contributed by atoms with Gasteiger partial charge in [0.2, 0.25) is 0 Å². The van der Waals surface area contributed by atoms with Crippen LogP contribution in [0.1, 0.15) is 12.8 Å². The second kappa shape index (κ2) is 2.00. The molecule has 0 N–H and O–H groups in total. The van der Waals surface area contributed by atoms with E-state index in [1.54, 1.807) is 0 Å². The van der Waals surface area contributed by atoms with Gasteiger partial charge in [-0.05, 0) is 30.1 Å². The number of ether oxygens (including phenoxy) is 2. The van der Waals surface area contributed by atoms with E-state index in [1.165, 1.54) is 12.8 Å². The van der Waals surface area contributed by atoms with Crippen molar-refractivity contribution in [2.45, 2.75) is 18.9 Å². The number of carbonyl (C=O) groups is 1. The van der Waals surface area contributed by atoms with Gasteiger partial charge < -0.3 is 9.47 Å². The lowest BCUT2D eigenvalue weighted by atomic mass is 9.73. The summed E-state index contributed by atoms with van der Waals surface area (Å²) in [6.07, 6.45) is 6.80. The summed E-state index contributed by atoms with van der Waals surface area (Å²) >= 11 is 0. The fourth-order valence-electron chi connectivity index (χ4n) is 3.69. The Kier molecular flexibility index (Phi) is 1.04. The molecule has 2 saturated carbocycles. The highest BCUT2D eigenvalue weighted by Crippen LogP contribution is 2.74. The Bertz CT molecular complexity index is 348. The number of carbonyl (C=O) groups excluding carboxylic acids is 1. The molecule has 0 radical (unpaired) electrons. The smallest absolute Gasteiger partial charge is 0.430 e. The molecule has 1 aliphatic heterocycles. The van der Waals surface area contributed by atoms with Crippen LogP contribution in [0.4, 0.5) is 4.79 Å². The Hall–Kier alpha value is -0.990. The third-order valence-corrected chi connectivity index (χ3v) is 4.54. The summed E-state index contributed by atoms with van der Waals surface area (Å²) in [5.41, 5.74) is 0.541. The van der Waals surface area contributed by atoms with Gasteiger partial charge in [0, 0.05) is 5.92 Å². The van der Waals surface area contributed by atoms with E-state index in [9.17, 15) is 4.79 Å². The van der Waals surface area contributed by atoms with Gasteiger partial charge in [-0.3, -0.25) is 0 Å². The van der Waals surface area contributed by atoms with Crippen molar-refractivity contribution in [3.05, 3.63) is 12.2 Å². The summed E-state index contributed by atoms with van der Waals surface area (Å²) in [6.45, 7) is 0.469. The van der Waals surface area contributed by atoms with Gasteiger partial charge in [-0.25, -0.2) is 4.79 Å². The zero-order valence-corrected chi connectivity index (χ0v) is 7.81. The molecule has 3 aliphatic carbocycles. The molecule has 5 atom stereocenters. The summed E-state index contributed by atoms with van der Waals surface area (Å²) in [5, 5.41) is 0. The Morgan fingerprint density at radius 1 is 1.50 bits per heavy atom. The number of hydrogen-bond acceptors (Lipinski definition) is 3. The van der Waals surface area contributed by atoms with Crippen LogP contribution in [0.5, 0.6) is 0 Å². The van der Waals surface area contributed by atoms with E-state index in [1.807, 2.05) is 0 Å². The van der Waals surface area contributed by atoms with Crippen LogP contribution in [0.25, 0.3) is 0 Å². The average molecular weight is 192 g/mol. The van der Waals surface area contributed by atoms with Crippen molar-refractivity contribution in [2.24, 2.45) is 23.2 Å². The van der Waals surface area contributed by atoms with Gasteiger partial charge in [-0.15, -0.1) is 0 Å². The fraction of sp³-hybridized carbons (Fsp3) is 0.727.